The number of hydrogen-bond acceptors (Lipinski definition) is 5. The van der Waals surface area contributed by atoms with Crippen molar-refractivity contribution in [2.24, 2.45) is 11.8 Å². The maximum absolute atomic E-state index is 11.7. The highest BCUT2D eigenvalue weighted by Crippen LogP contribution is 2.36. The standard InChI is InChI=1S/C17H25N3O3/c1-12-6-15(19-23-12)8-20-10-17(11-20)5-4-13(9-22-17)7-18-16(21)14-2-3-14/h6,13-14H,2-5,7-11H2,1H3,(H,18,21)/t13-/m1/s1. The zero-order valence-electron chi connectivity index (χ0n) is 13.7. The van der Waals surface area contributed by atoms with Gasteiger partial charge in [0.2, 0.25) is 5.91 Å². The summed E-state index contributed by atoms with van der Waals surface area (Å²) in [5, 5.41) is 7.12. The van der Waals surface area contributed by atoms with Crippen LogP contribution < -0.4 is 5.32 Å². The Bertz CT molecular complexity index is 565. The highest BCUT2D eigenvalue weighted by Gasteiger charge is 2.46. The highest BCUT2D eigenvalue weighted by atomic mass is 16.5. The van der Waals surface area contributed by atoms with Gasteiger partial charge in [0.05, 0.1) is 17.9 Å². The van der Waals surface area contributed by atoms with Crippen molar-refractivity contribution in [1.82, 2.24) is 15.4 Å². The van der Waals surface area contributed by atoms with Gasteiger partial charge in [0.1, 0.15) is 5.76 Å². The molecule has 4 rings (SSSR count). The van der Waals surface area contributed by atoms with Crippen molar-refractivity contribution < 1.29 is 14.1 Å². The minimum Gasteiger partial charge on any atom is -0.372 e. The van der Waals surface area contributed by atoms with E-state index in [0.717, 1.165) is 69.9 Å². The molecule has 126 valence electrons. The summed E-state index contributed by atoms with van der Waals surface area (Å²) >= 11 is 0. The van der Waals surface area contributed by atoms with Crippen molar-refractivity contribution in [2.75, 3.05) is 26.2 Å². The fourth-order valence-electron chi connectivity index (χ4n) is 3.66. The lowest BCUT2D eigenvalue weighted by atomic mass is 9.83. The molecule has 3 fully saturated rings. The number of likely N-dealkylation sites (tertiary alicyclic amines) is 1. The van der Waals surface area contributed by atoms with Gasteiger partial charge in [-0.15, -0.1) is 0 Å². The molecular weight excluding hydrogens is 294 g/mol. The molecule has 1 N–H and O–H groups in total. The van der Waals surface area contributed by atoms with Gasteiger partial charge in [0.15, 0.2) is 0 Å². The molecule has 1 aromatic heterocycles. The Hall–Kier alpha value is -1.40. The van der Waals surface area contributed by atoms with Crippen LogP contribution in [0.3, 0.4) is 0 Å². The van der Waals surface area contributed by atoms with E-state index in [-0.39, 0.29) is 11.5 Å². The number of hydrogen-bond donors (Lipinski definition) is 1. The Labute approximate surface area is 136 Å². The van der Waals surface area contributed by atoms with Crippen molar-refractivity contribution in [2.45, 2.75) is 44.8 Å². The molecule has 1 spiro atoms. The van der Waals surface area contributed by atoms with E-state index < -0.39 is 0 Å². The van der Waals surface area contributed by atoms with Crippen LogP contribution in [0.4, 0.5) is 0 Å². The Morgan fingerprint density at radius 2 is 2.26 bits per heavy atom. The summed E-state index contributed by atoms with van der Waals surface area (Å²) in [6.07, 6.45) is 4.36. The van der Waals surface area contributed by atoms with Crippen LogP contribution in [0.5, 0.6) is 0 Å². The predicted octanol–water partition coefficient (Wildman–Crippen LogP) is 1.49. The molecule has 0 unspecified atom stereocenters. The molecule has 2 saturated heterocycles. The maximum atomic E-state index is 11.7. The molecule has 0 bridgehead atoms. The molecule has 2 aliphatic heterocycles. The van der Waals surface area contributed by atoms with E-state index >= 15 is 0 Å². The van der Waals surface area contributed by atoms with E-state index in [1.54, 1.807) is 0 Å². The number of rotatable bonds is 5. The van der Waals surface area contributed by atoms with Crippen LogP contribution in [0.25, 0.3) is 0 Å². The van der Waals surface area contributed by atoms with Gasteiger partial charge in [0, 0.05) is 38.2 Å². The lowest BCUT2D eigenvalue weighted by Gasteiger charge is -2.52. The van der Waals surface area contributed by atoms with Crippen molar-refractivity contribution in [3.8, 4) is 0 Å². The summed E-state index contributed by atoms with van der Waals surface area (Å²) in [4.78, 5) is 14.0. The van der Waals surface area contributed by atoms with Crippen molar-refractivity contribution in [3.63, 3.8) is 0 Å². The van der Waals surface area contributed by atoms with Crippen molar-refractivity contribution in [3.05, 3.63) is 17.5 Å². The predicted molar refractivity (Wildman–Crippen MR) is 83.7 cm³/mol. The van der Waals surface area contributed by atoms with Crippen LogP contribution >= 0.6 is 0 Å². The van der Waals surface area contributed by atoms with Gasteiger partial charge in [-0.25, -0.2) is 0 Å². The Kier molecular flexibility index (Phi) is 3.89. The van der Waals surface area contributed by atoms with Crippen LogP contribution in [0.1, 0.15) is 37.1 Å². The number of nitrogens with zero attached hydrogens (tertiary/aromatic N) is 2. The summed E-state index contributed by atoms with van der Waals surface area (Å²) in [7, 11) is 0. The summed E-state index contributed by atoms with van der Waals surface area (Å²) < 4.78 is 11.3. The zero-order valence-corrected chi connectivity index (χ0v) is 13.7. The molecule has 3 aliphatic rings. The van der Waals surface area contributed by atoms with E-state index in [9.17, 15) is 4.79 Å². The quantitative estimate of drug-likeness (QED) is 0.890. The largest absolute Gasteiger partial charge is 0.372 e. The first-order valence-corrected chi connectivity index (χ1v) is 8.68. The van der Waals surface area contributed by atoms with Crippen molar-refractivity contribution >= 4 is 5.91 Å². The molecular formula is C17H25N3O3. The SMILES string of the molecule is Cc1cc(CN2CC3(CC[C@H](CNC(=O)C4CC4)CO3)C2)no1. The molecule has 0 aromatic carbocycles. The summed E-state index contributed by atoms with van der Waals surface area (Å²) in [5.41, 5.74) is 1.03. The van der Waals surface area contributed by atoms with Gasteiger partial charge >= 0.3 is 0 Å². The molecule has 3 heterocycles. The number of nitrogens with one attached hydrogen (secondary N) is 1. The first-order chi connectivity index (χ1) is 11.1. The van der Waals surface area contributed by atoms with Gasteiger partial charge < -0.3 is 14.6 Å². The Morgan fingerprint density at radius 3 is 2.87 bits per heavy atom. The molecule has 23 heavy (non-hydrogen) atoms. The molecule has 6 heteroatoms. The molecule has 1 saturated carbocycles. The van der Waals surface area contributed by atoms with Crippen LogP contribution in [-0.2, 0) is 16.1 Å². The van der Waals surface area contributed by atoms with E-state index in [1.165, 1.54) is 0 Å². The van der Waals surface area contributed by atoms with Gasteiger partial charge in [0.25, 0.3) is 0 Å². The minimum atomic E-state index is 0.0375. The highest BCUT2D eigenvalue weighted by molar-refractivity contribution is 5.80. The van der Waals surface area contributed by atoms with Gasteiger partial charge in [-0.05, 0) is 38.5 Å². The second kappa shape index (κ2) is 5.91. The number of carbonyl (C=O) groups is 1. The smallest absolute Gasteiger partial charge is 0.223 e. The number of aryl methyl sites for hydroxylation is 1. The molecule has 1 atom stereocenters. The first kappa shape index (κ1) is 15.1. The normalized spacial score (nSPS) is 26.9. The van der Waals surface area contributed by atoms with Crippen LogP contribution in [0.15, 0.2) is 10.6 Å². The molecule has 1 aromatic rings. The van der Waals surface area contributed by atoms with Crippen LogP contribution in [0.2, 0.25) is 0 Å². The van der Waals surface area contributed by atoms with Crippen LogP contribution in [-0.4, -0.2) is 47.8 Å². The first-order valence-electron chi connectivity index (χ1n) is 8.68. The summed E-state index contributed by atoms with van der Waals surface area (Å²) in [5.74, 6) is 1.87. The third-order valence-corrected chi connectivity index (χ3v) is 5.23. The Balaban J connectivity index is 1.18. The monoisotopic (exact) mass is 319 g/mol. The zero-order chi connectivity index (χ0) is 15.9. The van der Waals surface area contributed by atoms with Gasteiger partial charge in [-0.3, -0.25) is 9.69 Å². The second-order valence-electron chi connectivity index (χ2n) is 7.49. The third-order valence-electron chi connectivity index (χ3n) is 5.23. The van der Waals surface area contributed by atoms with Crippen LogP contribution in [0, 0.1) is 18.8 Å². The van der Waals surface area contributed by atoms with E-state index in [4.69, 9.17) is 9.26 Å². The van der Waals surface area contributed by atoms with Gasteiger partial charge in [-0.1, -0.05) is 5.16 Å². The Morgan fingerprint density at radius 1 is 1.43 bits per heavy atom. The molecule has 6 nitrogen and oxygen atoms in total. The minimum absolute atomic E-state index is 0.0375. The van der Waals surface area contributed by atoms with Crippen molar-refractivity contribution in [1.29, 1.82) is 0 Å². The average molecular weight is 319 g/mol. The lowest BCUT2D eigenvalue weighted by Crippen LogP contribution is -2.64. The average Bonchev–Trinajstić information content (AvgIpc) is 3.28. The third kappa shape index (κ3) is 3.43. The number of amides is 1. The maximum Gasteiger partial charge on any atom is 0.223 e. The van der Waals surface area contributed by atoms with E-state index in [0.29, 0.717) is 11.8 Å². The number of ether oxygens (including phenoxy) is 1. The summed E-state index contributed by atoms with van der Waals surface area (Å²) in [6, 6.07) is 1.99. The van der Waals surface area contributed by atoms with Gasteiger partial charge in [-0.2, -0.15) is 0 Å². The fourth-order valence-corrected chi connectivity index (χ4v) is 3.66. The molecule has 1 amide bonds. The summed E-state index contributed by atoms with van der Waals surface area (Å²) in [6.45, 7) is 6.24. The number of aromatic nitrogens is 1. The van der Waals surface area contributed by atoms with E-state index in [1.807, 2.05) is 13.0 Å². The molecule has 0 radical (unpaired) electrons. The molecule has 1 aliphatic carbocycles. The van der Waals surface area contributed by atoms with E-state index in [2.05, 4.69) is 15.4 Å². The second-order valence-corrected chi connectivity index (χ2v) is 7.49. The topological polar surface area (TPSA) is 67.6 Å². The lowest BCUT2D eigenvalue weighted by molar-refractivity contribution is -0.181. The fraction of sp³-hybridized carbons (Fsp3) is 0.765. The number of carbonyl (C=O) groups excluding carboxylic acids is 1.